The molecule has 1 unspecified atom stereocenters. The summed E-state index contributed by atoms with van der Waals surface area (Å²) >= 11 is 0. The van der Waals surface area contributed by atoms with Gasteiger partial charge in [0.2, 0.25) is 11.8 Å². The third-order valence-corrected chi connectivity index (χ3v) is 3.98. The third kappa shape index (κ3) is 1.92. The predicted octanol–water partition coefficient (Wildman–Crippen LogP) is -0.277. The molecule has 2 fully saturated rings. The van der Waals surface area contributed by atoms with E-state index >= 15 is 0 Å². The number of amides is 2. The number of carbonyl (C=O) groups is 2. The maximum absolute atomic E-state index is 12.6. The molecule has 0 aromatic rings. The van der Waals surface area contributed by atoms with Crippen LogP contribution in [0.5, 0.6) is 0 Å². The second-order valence-corrected chi connectivity index (χ2v) is 5.76. The Morgan fingerprint density at radius 1 is 1.29 bits per heavy atom. The molecule has 2 saturated heterocycles. The molecule has 0 spiro atoms. The van der Waals surface area contributed by atoms with Crippen LogP contribution in [0.15, 0.2) is 0 Å². The van der Waals surface area contributed by atoms with Crippen LogP contribution >= 0.6 is 0 Å². The summed E-state index contributed by atoms with van der Waals surface area (Å²) in [5.41, 5.74) is -1.09. The van der Waals surface area contributed by atoms with Crippen molar-refractivity contribution in [2.24, 2.45) is 5.41 Å². The average molecular weight is 239 g/mol. The summed E-state index contributed by atoms with van der Waals surface area (Å²) in [6, 6.07) is 0. The van der Waals surface area contributed by atoms with Crippen LogP contribution in [0.25, 0.3) is 0 Å². The van der Waals surface area contributed by atoms with Crippen molar-refractivity contribution in [1.82, 2.24) is 15.5 Å². The largest absolute Gasteiger partial charge is 0.352 e. The van der Waals surface area contributed by atoms with Crippen molar-refractivity contribution >= 4 is 11.8 Å². The lowest BCUT2D eigenvalue weighted by Gasteiger charge is -2.44. The fourth-order valence-corrected chi connectivity index (χ4v) is 2.58. The van der Waals surface area contributed by atoms with E-state index in [9.17, 15) is 9.59 Å². The Morgan fingerprint density at radius 3 is 2.59 bits per heavy atom. The van der Waals surface area contributed by atoms with Gasteiger partial charge in [-0.3, -0.25) is 9.59 Å². The Hall–Kier alpha value is -1.10. The number of hydrogen-bond acceptors (Lipinski definition) is 3. The van der Waals surface area contributed by atoms with Gasteiger partial charge in [-0.15, -0.1) is 0 Å². The van der Waals surface area contributed by atoms with Gasteiger partial charge in [0.05, 0.1) is 5.41 Å². The zero-order valence-corrected chi connectivity index (χ0v) is 10.8. The lowest BCUT2D eigenvalue weighted by atomic mass is 9.85. The Labute approximate surface area is 102 Å². The maximum atomic E-state index is 12.6. The van der Waals surface area contributed by atoms with Gasteiger partial charge in [0.15, 0.2) is 0 Å². The standard InChI is InChI=1S/C12H21N3O2/c1-11(2)9(16)14-6-7-15(11)10(17)12(3)4-5-13-8-12/h13H,4-8H2,1-3H3,(H,14,16). The molecule has 0 aromatic heterocycles. The van der Waals surface area contributed by atoms with Gasteiger partial charge in [-0.2, -0.15) is 0 Å². The highest BCUT2D eigenvalue weighted by Crippen LogP contribution is 2.31. The van der Waals surface area contributed by atoms with E-state index in [2.05, 4.69) is 10.6 Å². The third-order valence-electron chi connectivity index (χ3n) is 3.98. The second kappa shape index (κ2) is 3.98. The number of nitrogens with zero attached hydrogens (tertiary/aromatic N) is 1. The molecule has 2 rings (SSSR count). The number of carbonyl (C=O) groups excluding carboxylic acids is 2. The molecule has 2 aliphatic rings. The molecule has 17 heavy (non-hydrogen) atoms. The SMILES string of the molecule is CC1(C(=O)N2CCNC(=O)C2(C)C)CCNC1. The monoisotopic (exact) mass is 239 g/mol. The van der Waals surface area contributed by atoms with Crippen molar-refractivity contribution < 1.29 is 9.59 Å². The Morgan fingerprint density at radius 2 is 2.00 bits per heavy atom. The van der Waals surface area contributed by atoms with Crippen molar-refractivity contribution in [1.29, 1.82) is 0 Å². The van der Waals surface area contributed by atoms with Crippen LogP contribution in [0, 0.1) is 5.41 Å². The van der Waals surface area contributed by atoms with Crippen LogP contribution in [0.1, 0.15) is 27.2 Å². The van der Waals surface area contributed by atoms with Crippen LogP contribution in [-0.4, -0.2) is 48.4 Å². The first-order valence-corrected chi connectivity index (χ1v) is 6.19. The number of piperazine rings is 1. The zero-order chi connectivity index (χ0) is 12.7. The van der Waals surface area contributed by atoms with Gasteiger partial charge in [-0.1, -0.05) is 0 Å². The molecule has 5 heteroatoms. The first-order chi connectivity index (χ1) is 7.88. The van der Waals surface area contributed by atoms with E-state index in [4.69, 9.17) is 0 Å². The minimum Gasteiger partial charge on any atom is -0.352 e. The van der Waals surface area contributed by atoms with Crippen molar-refractivity contribution in [3.63, 3.8) is 0 Å². The Kier molecular flexibility index (Phi) is 2.89. The molecule has 2 aliphatic heterocycles. The Balaban J connectivity index is 2.21. The lowest BCUT2D eigenvalue weighted by molar-refractivity contribution is -0.155. The second-order valence-electron chi connectivity index (χ2n) is 5.76. The highest BCUT2D eigenvalue weighted by Gasteiger charge is 2.47. The van der Waals surface area contributed by atoms with Gasteiger partial charge in [-0.25, -0.2) is 0 Å². The van der Waals surface area contributed by atoms with Crippen LogP contribution < -0.4 is 10.6 Å². The van der Waals surface area contributed by atoms with Crippen molar-refractivity contribution in [3.8, 4) is 0 Å². The van der Waals surface area contributed by atoms with Gasteiger partial charge >= 0.3 is 0 Å². The van der Waals surface area contributed by atoms with Crippen LogP contribution in [0.4, 0.5) is 0 Å². The summed E-state index contributed by atoms with van der Waals surface area (Å²) in [5.74, 6) is 0.0361. The minimum absolute atomic E-state index is 0.0633. The summed E-state index contributed by atoms with van der Waals surface area (Å²) in [5, 5.41) is 6.04. The molecule has 1 atom stereocenters. The molecule has 0 aliphatic carbocycles. The number of hydrogen-bond donors (Lipinski definition) is 2. The molecule has 0 bridgehead atoms. The van der Waals surface area contributed by atoms with E-state index in [-0.39, 0.29) is 17.2 Å². The van der Waals surface area contributed by atoms with Gasteiger partial charge in [0.25, 0.3) is 0 Å². The van der Waals surface area contributed by atoms with E-state index in [0.717, 1.165) is 13.0 Å². The normalized spacial score (nSPS) is 32.4. The fraction of sp³-hybridized carbons (Fsp3) is 0.833. The van der Waals surface area contributed by atoms with Crippen molar-refractivity contribution in [3.05, 3.63) is 0 Å². The van der Waals surface area contributed by atoms with E-state index in [1.165, 1.54) is 0 Å². The van der Waals surface area contributed by atoms with Gasteiger partial charge in [-0.05, 0) is 33.7 Å². The van der Waals surface area contributed by atoms with Crippen LogP contribution in [0.2, 0.25) is 0 Å². The van der Waals surface area contributed by atoms with E-state index < -0.39 is 5.54 Å². The van der Waals surface area contributed by atoms with Crippen molar-refractivity contribution in [2.75, 3.05) is 26.2 Å². The molecule has 0 saturated carbocycles. The molecule has 0 radical (unpaired) electrons. The average Bonchev–Trinajstić information content (AvgIpc) is 2.70. The molecular weight excluding hydrogens is 218 g/mol. The van der Waals surface area contributed by atoms with Gasteiger partial charge in [0, 0.05) is 19.6 Å². The number of nitrogens with one attached hydrogen (secondary N) is 2. The summed E-state index contributed by atoms with van der Waals surface area (Å²) in [7, 11) is 0. The molecule has 2 heterocycles. The minimum atomic E-state index is -0.735. The fourth-order valence-electron chi connectivity index (χ4n) is 2.58. The molecule has 96 valence electrons. The zero-order valence-electron chi connectivity index (χ0n) is 10.8. The molecule has 5 nitrogen and oxygen atoms in total. The molecule has 0 aromatic carbocycles. The van der Waals surface area contributed by atoms with Crippen LogP contribution in [0.3, 0.4) is 0 Å². The first kappa shape index (κ1) is 12.4. The molecular formula is C12H21N3O2. The highest BCUT2D eigenvalue weighted by atomic mass is 16.2. The smallest absolute Gasteiger partial charge is 0.245 e. The summed E-state index contributed by atoms with van der Waals surface area (Å²) in [6.45, 7) is 8.35. The van der Waals surface area contributed by atoms with Crippen molar-refractivity contribution in [2.45, 2.75) is 32.7 Å². The highest BCUT2D eigenvalue weighted by molar-refractivity contribution is 5.93. The quantitative estimate of drug-likeness (QED) is 0.662. The van der Waals surface area contributed by atoms with E-state index in [1.54, 1.807) is 4.90 Å². The summed E-state index contributed by atoms with van der Waals surface area (Å²) < 4.78 is 0. The van der Waals surface area contributed by atoms with Crippen LogP contribution in [-0.2, 0) is 9.59 Å². The molecule has 2 N–H and O–H groups in total. The van der Waals surface area contributed by atoms with Gasteiger partial charge < -0.3 is 15.5 Å². The molecule has 2 amide bonds. The van der Waals surface area contributed by atoms with E-state index in [1.807, 2.05) is 20.8 Å². The first-order valence-electron chi connectivity index (χ1n) is 6.19. The maximum Gasteiger partial charge on any atom is 0.245 e. The summed E-state index contributed by atoms with van der Waals surface area (Å²) in [6.07, 6.45) is 0.847. The number of rotatable bonds is 1. The van der Waals surface area contributed by atoms with E-state index in [0.29, 0.717) is 19.6 Å². The predicted molar refractivity (Wildman–Crippen MR) is 64.4 cm³/mol. The summed E-state index contributed by atoms with van der Waals surface area (Å²) in [4.78, 5) is 26.2. The Bertz CT molecular complexity index is 346. The lowest BCUT2D eigenvalue weighted by Crippen LogP contribution is -2.65. The van der Waals surface area contributed by atoms with Gasteiger partial charge in [0.1, 0.15) is 5.54 Å². The topological polar surface area (TPSA) is 61.4 Å².